The Bertz CT molecular complexity index is 240. The SMILES string of the molecule is SCCCNc1cccc(Cl)c1. The van der Waals surface area contributed by atoms with E-state index in [2.05, 4.69) is 17.9 Å². The summed E-state index contributed by atoms with van der Waals surface area (Å²) in [5.74, 6) is 0.910. The standard InChI is InChI=1S/C9H12ClNS/c10-8-3-1-4-9(7-8)11-5-2-6-12/h1,3-4,7,11-12H,2,5-6H2. The van der Waals surface area contributed by atoms with Crippen LogP contribution in [0.25, 0.3) is 0 Å². The molecule has 0 saturated heterocycles. The largest absolute Gasteiger partial charge is 0.385 e. The molecule has 66 valence electrons. The molecule has 12 heavy (non-hydrogen) atoms. The Morgan fingerprint density at radius 3 is 2.92 bits per heavy atom. The van der Waals surface area contributed by atoms with Gasteiger partial charge >= 0.3 is 0 Å². The van der Waals surface area contributed by atoms with Crippen molar-refractivity contribution in [2.24, 2.45) is 0 Å². The fraction of sp³-hybridized carbons (Fsp3) is 0.333. The number of nitrogens with one attached hydrogen (secondary N) is 1. The number of hydrogen-bond donors (Lipinski definition) is 2. The van der Waals surface area contributed by atoms with Gasteiger partial charge in [0.1, 0.15) is 0 Å². The third-order valence-electron chi connectivity index (χ3n) is 1.49. The van der Waals surface area contributed by atoms with Crippen LogP contribution in [0.2, 0.25) is 5.02 Å². The normalized spacial score (nSPS) is 9.83. The molecule has 1 nitrogen and oxygen atoms in total. The Morgan fingerprint density at radius 2 is 2.25 bits per heavy atom. The van der Waals surface area contributed by atoms with Crippen molar-refractivity contribution in [2.45, 2.75) is 6.42 Å². The van der Waals surface area contributed by atoms with E-state index in [1.165, 1.54) is 0 Å². The van der Waals surface area contributed by atoms with Gasteiger partial charge in [0, 0.05) is 17.3 Å². The van der Waals surface area contributed by atoms with E-state index in [0.29, 0.717) is 0 Å². The Kier molecular flexibility index (Phi) is 4.33. The van der Waals surface area contributed by atoms with Gasteiger partial charge in [0.15, 0.2) is 0 Å². The van der Waals surface area contributed by atoms with Gasteiger partial charge in [-0.15, -0.1) is 0 Å². The van der Waals surface area contributed by atoms with Gasteiger partial charge in [0.2, 0.25) is 0 Å². The van der Waals surface area contributed by atoms with Crippen LogP contribution in [-0.2, 0) is 0 Å². The molecule has 3 heteroatoms. The molecule has 0 amide bonds. The van der Waals surface area contributed by atoms with Gasteiger partial charge in [0.25, 0.3) is 0 Å². The van der Waals surface area contributed by atoms with Gasteiger partial charge in [-0.1, -0.05) is 17.7 Å². The summed E-state index contributed by atoms with van der Waals surface area (Å²) in [7, 11) is 0. The summed E-state index contributed by atoms with van der Waals surface area (Å²) in [5, 5.41) is 4.02. The number of halogens is 1. The highest BCUT2D eigenvalue weighted by molar-refractivity contribution is 7.80. The Balaban J connectivity index is 2.41. The van der Waals surface area contributed by atoms with Gasteiger partial charge in [-0.25, -0.2) is 0 Å². The maximum absolute atomic E-state index is 5.80. The summed E-state index contributed by atoms with van der Waals surface area (Å²) in [6, 6.07) is 7.72. The van der Waals surface area contributed by atoms with Crippen LogP contribution in [0.3, 0.4) is 0 Å². The zero-order valence-corrected chi connectivity index (χ0v) is 8.41. The average Bonchev–Trinajstić information content (AvgIpc) is 2.05. The molecule has 0 spiro atoms. The van der Waals surface area contributed by atoms with E-state index in [0.717, 1.165) is 29.4 Å². The lowest BCUT2D eigenvalue weighted by Gasteiger charge is -2.04. The maximum Gasteiger partial charge on any atom is 0.0426 e. The Morgan fingerprint density at radius 1 is 1.42 bits per heavy atom. The van der Waals surface area contributed by atoms with Crippen molar-refractivity contribution in [3.8, 4) is 0 Å². The van der Waals surface area contributed by atoms with Gasteiger partial charge in [-0.05, 0) is 30.4 Å². The van der Waals surface area contributed by atoms with Crippen LogP contribution in [-0.4, -0.2) is 12.3 Å². The Hall–Kier alpha value is -0.340. The molecule has 0 aliphatic heterocycles. The minimum Gasteiger partial charge on any atom is -0.385 e. The summed E-state index contributed by atoms with van der Waals surface area (Å²) in [6.45, 7) is 0.948. The van der Waals surface area contributed by atoms with Crippen molar-refractivity contribution >= 4 is 29.9 Å². The zero-order valence-electron chi connectivity index (χ0n) is 6.76. The monoisotopic (exact) mass is 201 g/mol. The summed E-state index contributed by atoms with van der Waals surface area (Å²) in [5.41, 5.74) is 1.07. The smallest absolute Gasteiger partial charge is 0.0426 e. The number of anilines is 1. The van der Waals surface area contributed by atoms with E-state index in [1.807, 2.05) is 24.3 Å². The number of rotatable bonds is 4. The second-order valence-corrected chi connectivity index (χ2v) is 3.40. The molecule has 0 atom stereocenters. The van der Waals surface area contributed by atoms with E-state index < -0.39 is 0 Å². The van der Waals surface area contributed by atoms with Gasteiger partial charge in [-0.2, -0.15) is 12.6 Å². The molecular formula is C9H12ClNS. The fourth-order valence-corrected chi connectivity index (χ4v) is 1.26. The first-order valence-electron chi connectivity index (χ1n) is 3.93. The zero-order chi connectivity index (χ0) is 8.81. The van der Waals surface area contributed by atoms with Gasteiger partial charge < -0.3 is 5.32 Å². The van der Waals surface area contributed by atoms with Crippen LogP contribution < -0.4 is 5.32 Å². The van der Waals surface area contributed by atoms with Crippen molar-refractivity contribution in [1.82, 2.24) is 0 Å². The van der Waals surface area contributed by atoms with Gasteiger partial charge in [-0.3, -0.25) is 0 Å². The molecule has 0 saturated carbocycles. The van der Waals surface area contributed by atoms with Crippen LogP contribution >= 0.6 is 24.2 Å². The van der Waals surface area contributed by atoms with Crippen LogP contribution in [0.5, 0.6) is 0 Å². The van der Waals surface area contributed by atoms with Crippen LogP contribution in [0.1, 0.15) is 6.42 Å². The first-order valence-corrected chi connectivity index (χ1v) is 4.94. The van der Waals surface area contributed by atoms with Crippen LogP contribution in [0.4, 0.5) is 5.69 Å². The molecule has 0 heterocycles. The molecular weight excluding hydrogens is 190 g/mol. The molecule has 0 aromatic heterocycles. The quantitative estimate of drug-likeness (QED) is 0.564. The van der Waals surface area contributed by atoms with E-state index >= 15 is 0 Å². The highest BCUT2D eigenvalue weighted by atomic mass is 35.5. The van der Waals surface area contributed by atoms with Crippen molar-refractivity contribution in [2.75, 3.05) is 17.6 Å². The molecule has 1 rings (SSSR count). The number of thiol groups is 1. The Labute approximate surface area is 83.5 Å². The molecule has 0 fully saturated rings. The molecule has 0 aliphatic rings. The minimum atomic E-state index is 0.769. The van der Waals surface area contributed by atoms with Crippen LogP contribution in [0.15, 0.2) is 24.3 Å². The molecule has 0 aliphatic carbocycles. The predicted octanol–water partition coefficient (Wildman–Crippen LogP) is 3.07. The highest BCUT2D eigenvalue weighted by Crippen LogP contribution is 2.14. The van der Waals surface area contributed by atoms with Crippen LogP contribution in [0, 0.1) is 0 Å². The second kappa shape index (κ2) is 5.33. The lowest BCUT2D eigenvalue weighted by molar-refractivity contribution is 0.995. The average molecular weight is 202 g/mol. The molecule has 1 aromatic carbocycles. The van der Waals surface area contributed by atoms with Crippen molar-refractivity contribution in [3.63, 3.8) is 0 Å². The number of benzene rings is 1. The van der Waals surface area contributed by atoms with Crippen molar-refractivity contribution in [1.29, 1.82) is 0 Å². The second-order valence-electron chi connectivity index (χ2n) is 2.51. The topological polar surface area (TPSA) is 12.0 Å². The molecule has 0 bridgehead atoms. The van der Waals surface area contributed by atoms with E-state index in [4.69, 9.17) is 11.6 Å². The molecule has 0 radical (unpaired) electrons. The fourth-order valence-electron chi connectivity index (χ4n) is 0.910. The summed E-state index contributed by atoms with van der Waals surface area (Å²) < 4.78 is 0. The lowest BCUT2D eigenvalue weighted by atomic mass is 10.3. The van der Waals surface area contributed by atoms with Gasteiger partial charge in [0.05, 0.1) is 0 Å². The predicted molar refractivity (Wildman–Crippen MR) is 58.4 cm³/mol. The van der Waals surface area contributed by atoms with E-state index in [-0.39, 0.29) is 0 Å². The highest BCUT2D eigenvalue weighted by Gasteiger charge is 1.91. The number of hydrogen-bond acceptors (Lipinski definition) is 2. The summed E-state index contributed by atoms with van der Waals surface area (Å²) >= 11 is 9.92. The molecule has 0 unspecified atom stereocenters. The van der Waals surface area contributed by atoms with Crippen molar-refractivity contribution < 1.29 is 0 Å². The van der Waals surface area contributed by atoms with Crippen molar-refractivity contribution in [3.05, 3.63) is 29.3 Å². The minimum absolute atomic E-state index is 0.769. The third-order valence-corrected chi connectivity index (χ3v) is 2.04. The first kappa shape index (κ1) is 9.75. The molecule has 1 N–H and O–H groups in total. The lowest BCUT2D eigenvalue weighted by Crippen LogP contribution is -2.01. The summed E-state index contributed by atoms with van der Waals surface area (Å²) in [4.78, 5) is 0. The third kappa shape index (κ3) is 3.37. The summed E-state index contributed by atoms with van der Waals surface area (Å²) in [6.07, 6.45) is 1.07. The van der Waals surface area contributed by atoms with E-state index in [9.17, 15) is 0 Å². The van der Waals surface area contributed by atoms with E-state index in [1.54, 1.807) is 0 Å². The maximum atomic E-state index is 5.80. The first-order chi connectivity index (χ1) is 5.83. The molecule has 1 aromatic rings.